The number of hydrogen-bond donors (Lipinski definition) is 0. The third kappa shape index (κ3) is 2.04. The van der Waals surface area contributed by atoms with E-state index in [4.69, 9.17) is 0 Å². The van der Waals surface area contributed by atoms with Gasteiger partial charge in [-0.1, -0.05) is 25.2 Å². The standard InChI is InChI=1S/C11H16N2OS/c1-11(2)4-8(5-11)13(3)10-12-6-9(7-14)15-10/h6-8H,4-5H2,1-3H3. The van der Waals surface area contributed by atoms with Crippen molar-refractivity contribution in [3.63, 3.8) is 0 Å². The van der Waals surface area contributed by atoms with E-state index in [-0.39, 0.29) is 0 Å². The Hall–Kier alpha value is -0.900. The van der Waals surface area contributed by atoms with Crippen LogP contribution in [0.3, 0.4) is 0 Å². The van der Waals surface area contributed by atoms with Crippen LogP contribution in [0.4, 0.5) is 5.13 Å². The zero-order valence-corrected chi connectivity index (χ0v) is 10.2. The summed E-state index contributed by atoms with van der Waals surface area (Å²) in [6.07, 6.45) is 4.92. The summed E-state index contributed by atoms with van der Waals surface area (Å²) in [4.78, 5) is 17.7. The minimum absolute atomic E-state index is 0.476. The summed E-state index contributed by atoms with van der Waals surface area (Å²) in [6.45, 7) is 4.58. The van der Waals surface area contributed by atoms with E-state index in [2.05, 4.69) is 30.8 Å². The van der Waals surface area contributed by atoms with Gasteiger partial charge in [-0.25, -0.2) is 4.98 Å². The molecule has 0 amide bonds. The molecule has 1 fully saturated rings. The fourth-order valence-corrected chi connectivity index (χ4v) is 2.90. The maximum Gasteiger partial charge on any atom is 0.185 e. The van der Waals surface area contributed by atoms with Gasteiger partial charge in [0.25, 0.3) is 0 Å². The van der Waals surface area contributed by atoms with Crippen molar-refractivity contribution in [1.82, 2.24) is 4.98 Å². The van der Waals surface area contributed by atoms with E-state index in [0.717, 1.165) is 11.4 Å². The first kappa shape index (κ1) is 10.6. The fraction of sp³-hybridized carbons (Fsp3) is 0.636. The molecule has 1 aliphatic rings. The van der Waals surface area contributed by atoms with Gasteiger partial charge < -0.3 is 4.90 Å². The Labute approximate surface area is 94.1 Å². The smallest absolute Gasteiger partial charge is 0.185 e. The van der Waals surface area contributed by atoms with Crippen LogP contribution in [0, 0.1) is 5.41 Å². The first-order valence-corrected chi connectivity index (χ1v) is 5.97. The summed E-state index contributed by atoms with van der Waals surface area (Å²) < 4.78 is 0. The lowest BCUT2D eigenvalue weighted by Gasteiger charge is -2.46. The van der Waals surface area contributed by atoms with Crippen molar-refractivity contribution in [2.45, 2.75) is 32.7 Å². The van der Waals surface area contributed by atoms with Crippen molar-refractivity contribution in [2.24, 2.45) is 5.41 Å². The summed E-state index contributed by atoms with van der Waals surface area (Å²) in [7, 11) is 2.06. The lowest BCUT2D eigenvalue weighted by Crippen LogP contribution is -2.46. The normalized spacial score (nSPS) is 19.7. The molecule has 1 saturated carbocycles. The van der Waals surface area contributed by atoms with Crippen LogP contribution in [-0.2, 0) is 0 Å². The topological polar surface area (TPSA) is 33.2 Å². The van der Waals surface area contributed by atoms with E-state index in [1.807, 2.05) is 0 Å². The molecule has 0 aliphatic heterocycles. The Kier molecular flexibility index (Phi) is 2.54. The third-order valence-electron chi connectivity index (χ3n) is 3.05. The van der Waals surface area contributed by atoms with Crippen LogP contribution in [0.5, 0.6) is 0 Å². The molecule has 15 heavy (non-hydrogen) atoms. The van der Waals surface area contributed by atoms with E-state index in [9.17, 15) is 4.79 Å². The molecule has 0 saturated heterocycles. The van der Waals surface area contributed by atoms with Crippen LogP contribution in [0.25, 0.3) is 0 Å². The van der Waals surface area contributed by atoms with Crippen LogP contribution < -0.4 is 4.90 Å². The number of thiazole rings is 1. The number of hydrogen-bond acceptors (Lipinski definition) is 4. The van der Waals surface area contributed by atoms with Gasteiger partial charge >= 0.3 is 0 Å². The summed E-state index contributed by atoms with van der Waals surface area (Å²) in [5.74, 6) is 0. The molecule has 0 radical (unpaired) electrons. The lowest BCUT2D eigenvalue weighted by atomic mass is 9.68. The molecule has 0 aromatic carbocycles. The van der Waals surface area contributed by atoms with Crippen molar-refractivity contribution in [1.29, 1.82) is 0 Å². The number of anilines is 1. The van der Waals surface area contributed by atoms with Crippen molar-refractivity contribution in [3.8, 4) is 0 Å². The average molecular weight is 224 g/mol. The number of carbonyl (C=O) groups is 1. The molecule has 1 aromatic rings. The molecule has 2 rings (SSSR count). The Bertz CT molecular complexity index is 364. The van der Waals surface area contributed by atoms with Crippen molar-refractivity contribution in [3.05, 3.63) is 11.1 Å². The fourth-order valence-electron chi connectivity index (χ4n) is 2.14. The molecule has 1 aliphatic carbocycles. The van der Waals surface area contributed by atoms with Gasteiger partial charge in [0, 0.05) is 13.1 Å². The average Bonchev–Trinajstić information content (AvgIpc) is 2.61. The monoisotopic (exact) mass is 224 g/mol. The van der Waals surface area contributed by atoms with Crippen molar-refractivity contribution < 1.29 is 4.79 Å². The van der Waals surface area contributed by atoms with Gasteiger partial charge in [-0.05, 0) is 18.3 Å². The highest BCUT2D eigenvalue weighted by Gasteiger charge is 2.38. The largest absolute Gasteiger partial charge is 0.348 e. The van der Waals surface area contributed by atoms with E-state index in [1.165, 1.54) is 24.2 Å². The van der Waals surface area contributed by atoms with Crippen LogP contribution in [-0.4, -0.2) is 24.4 Å². The maximum absolute atomic E-state index is 10.6. The Morgan fingerprint density at radius 1 is 1.60 bits per heavy atom. The van der Waals surface area contributed by atoms with Gasteiger partial charge in [0.05, 0.1) is 11.1 Å². The van der Waals surface area contributed by atoms with Gasteiger partial charge in [-0.15, -0.1) is 0 Å². The quantitative estimate of drug-likeness (QED) is 0.740. The van der Waals surface area contributed by atoms with E-state index >= 15 is 0 Å². The minimum Gasteiger partial charge on any atom is -0.348 e. The van der Waals surface area contributed by atoms with Crippen molar-refractivity contribution >= 4 is 22.8 Å². The summed E-state index contributed by atoms with van der Waals surface area (Å²) >= 11 is 1.47. The predicted octanol–water partition coefficient (Wildman–Crippen LogP) is 2.58. The first-order chi connectivity index (χ1) is 7.02. The van der Waals surface area contributed by atoms with E-state index < -0.39 is 0 Å². The van der Waals surface area contributed by atoms with Crippen LogP contribution >= 0.6 is 11.3 Å². The minimum atomic E-state index is 0.476. The van der Waals surface area contributed by atoms with Gasteiger partial charge in [0.1, 0.15) is 0 Å². The molecule has 0 spiro atoms. The summed E-state index contributed by atoms with van der Waals surface area (Å²) in [5, 5.41) is 0.956. The molecule has 0 atom stereocenters. The molecule has 0 N–H and O–H groups in total. The van der Waals surface area contributed by atoms with Crippen LogP contribution in [0.1, 0.15) is 36.4 Å². The van der Waals surface area contributed by atoms with Gasteiger partial charge in [-0.3, -0.25) is 4.79 Å². The predicted molar refractivity (Wildman–Crippen MR) is 62.7 cm³/mol. The maximum atomic E-state index is 10.6. The Morgan fingerprint density at radius 3 is 2.73 bits per heavy atom. The van der Waals surface area contributed by atoms with Crippen LogP contribution in [0.2, 0.25) is 0 Å². The van der Waals surface area contributed by atoms with Gasteiger partial charge in [0.2, 0.25) is 0 Å². The molecule has 0 bridgehead atoms. The molecule has 0 unspecified atom stereocenters. The lowest BCUT2D eigenvalue weighted by molar-refractivity contribution is 0.112. The molecule has 1 aromatic heterocycles. The Balaban J connectivity index is 2.02. The molecular weight excluding hydrogens is 208 g/mol. The molecule has 82 valence electrons. The van der Waals surface area contributed by atoms with Crippen molar-refractivity contribution in [2.75, 3.05) is 11.9 Å². The number of aldehydes is 1. The third-order valence-corrected chi connectivity index (χ3v) is 4.07. The Morgan fingerprint density at radius 2 is 2.27 bits per heavy atom. The highest BCUT2D eigenvalue weighted by molar-refractivity contribution is 7.17. The summed E-state index contributed by atoms with van der Waals surface area (Å²) in [5.41, 5.74) is 0.476. The zero-order chi connectivity index (χ0) is 11.1. The highest BCUT2D eigenvalue weighted by Crippen LogP contribution is 2.43. The molecule has 1 heterocycles. The highest BCUT2D eigenvalue weighted by atomic mass is 32.1. The summed E-state index contributed by atoms with van der Waals surface area (Å²) in [6, 6.07) is 0.589. The van der Waals surface area contributed by atoms with Crippen LogP contribution in [0.15, 0.2) is 6.20 Å². The van der Waals surface area contributed by atoms with Gasteiger partial charge in [-0.2, -0.15) is 0 Å². The van der Waals surface area contributed by atoms with E-state index in [0.29, 0.717) is 16.3 Å². The van der Waals surface area contributed by atoms with Gasteiger partial charge in [0.15, 0.2) is 11.4 Å². The number of carbonyl (C=O) groups excluding carboxylic acids is 1. The second-order valence-electron chi connectivity index (χ2n) is 5.00. The number of nitrogens with zero attached hydrogens (tertiary/aromatic N) is 2. The number of aromatic nitrogens is 1. The SMILES string of the molecule is CN(c1ncc(C=O)s1)C1CC(C)(C)C1. The number of rotatable bonds is 3. The molecule has 3 nitrogen and oxygen atoms in total. The zero-order valence-electron chi connectivity index (χ0n) is 9.36. The second kappa shape index (κ2) is 3.59. The molecular formula is C11H16N2OS. The van der Waals surface area contributed by atoms with E-state index in [1.54, 1.807) is 6.20 Å². The second-order valence-corrected chi connectivity index (χ2v) is 6.04. The first-order valence-electron chi connectivity index (χ1n) is 5.16. The molecule has 4 heteroatoms.